The summed E-state index contributed by atoms with van der Waals surface area (Å²) in [5, 5.41) is 13.4. The van der Waals surface area contributed by atoms with Gasteiger partial charge in [-0.1, -0.05) is 18.6 Å². The number of anilines is 2. The molecule has 2 rings (SSSR count). The monoisotopic (exact) mass is 458 g/mol. The molecule has 0 unspecified atom stereocenters. The molecule has 1 aromatic carbocycles. The van der Waals surface area contributed by atoms with Crippen LogP contribution in [0.1, 0.15) is 26.2 Å². The highest BCUT2D eigenvalue weighted by atomic mass is 16.7. The van der Waals surface area contributed by atoms with Crippen LogP contribution in [0.5, 0.6) is 5.75 Å². The van der Waals surface area contributed by atoms with Crippen molar-refractivity contribution in [2.24, 2.45) is 21.7 Å². The Morgan fingerprint density at radius 2 is 1.88 bits per heavy atom. The number of nitrogens with one attached hydrogen (secondary N) is 2. The Labute approximate surface area is 191 Å². The van der Waals surface area contributed by atoms with Crippen molar-refractivity contribution in [3.63, 3.8) is 0 Å². The van der Waals surface area contributed by atoms with Crippen LogP contribution in [-0.2, 0) is 9.53 Å². The lowest BCUT2D eigenvalue weighted by atomic mass is 10.1. The van der Waals surface area contributed by atoms with Gasteiger partial charge in [0.2, 0.25) is 12.7 Å². The summed E-state index contributed by atoms with van der Waals surface area (Å²) in [4.78, 5) is 27.7. The predicted octanol–water partition coefficient (Wildman–Crippen LogP) is 2.56. The molecule has 0 aliphatic heterocycles. The van der Waals surface area contributed by atoms with E-state index >= 15 is 0 Å². The number of azo groups is 1. The number of amides is 2. The van der Waals surface area contributed by atoms with Gasteiger partial charge in [-0.15, -0.1) is 10.2 Å². The van der Waals surface area contributed by atoms with Crippen molar-refractivity contribution in [1.82, 2.24) is 10.3 Å². The fourth-order valence-corrected chi connectivity index (χ4v) is 2.59. The number of alkyl carbamates (subject to hydrolysis) is 1. The average Bonchev–Trinajstić information content (AvgIpc) is 2.79. The van der Waals surface area contributed by atoms with Crippen molar-refractivity contribution < 1.29 is 19.1 Å². The first-order valence-corrected chi connectivity index (χ1v) is 10.5. The van der Waals surface area contributed by atoms with Crippen molar-refractivity contribution in [3.8, 4) is 5.75 Å². The number of benzene rings is 1. The Bertz CT molecular complexity index is 954. The van der Waals surface area contributed by atoms with Crippen LogP contribution in [0, 0.1) is 0 Å². The molecule has 178 valence electrons. The van der Waals surface area contributed by atoms with Crippen LogP contribution < -0.4 is 32.6 Å². The maximum Gasteiger partial charge on any atom is 0.410 e. The Morgan fingerprint density at radius 1 is 1.12 bits per heavy atom. The molecule has 0 radical (unpaired) electrons. The van der Waals surface area contributed by atoms with Gasteiger partial charge in [-0.2, -0.15) is 0 Å². The summed E-state index contributed by atoms with van der Waals surface area (Å²) in [5.41, 5.74) is 18.0. The molecule has 1 aromatic heterocycles. The Morgan fingerprint density at radius 3 is 2.61 bits per heavy atom. The molecular weight excluding hydrogens is 428 g/mol. The van der Waals surface area contributed by atoms with E-state index < -0.39 is 12.1 Å². The normalized spacial score (nSPS) is 11.7. The summed E-state index contributed by atoms with van der Waals surface area (Å²) < 4.78 is 10.3. The number of pyridine rings is 1. The number of nitrogens with zero attached hydrogens (tertiary/aromatic N) is 3. The van der Waals surface area contributed by atoms with Gasteiger partial charge in [0.05, 0.1) is 6.04 Å². The maximum absolute atomic E-state index is 12.2. The molecular formula is C21H30N8O4. The highest BCUT2D eigenvalue weighted by molar-refractivity contribution is 5.94. The quantitative estimate of drug-likeness (QED) is 0.182. The van der Waals surface area contributed by atoms with Gasteiger partial charge in [-0.3, -0.25) is 4.79 Å². The van der Waals surface area contributed by atoms with Crippen molar-refractivity contribution in [2.45, 2.75) is 32.2 Å². The summed E-state index contributed by atoms with van der Waals surface area (Å²) in [7, 11) is 0. The molecule has 0 spiro atoms. The molecule has 2 aromatic rings. The van der Waals surface area contributed by atoms with Gasteiger partial charge in [-0.05, 0) is 50.6 Å². The number of carbonyl (C=O) groups is 2. The minimum atomic E-state index is -0.660. The summed E-state index contributed by atoms with van der Waals surface area (Å²) >= 11 is 0. The molecule has 12 heteroatoms. The Kier molecular flexibility index (Phi) is 10.5. The molecule has 0 aliphatic rings. The van der Waals surface area contributed by atoms with Gasteiger partial charge >= 0.3 is 6.09 Å². The van der Waals surface area contributed by atoms with Crippen LogP contribution in [0.3, 0.4) is 0 Å². The van der Waals surface area contributed by atoms with E-state index in [9.17, 15) is 9.59 Å². The summed E-state index contributed by atoms with van der Waals surface area (Å²) in [6.45, 7) is 2.50. The summed E-state index contributed by atoms with van der Waals surface area (Å²) in [6, 6.07) is 9.30. The summed E-state index contributed by atoms with van der Waals surface area (Å²) in [5.74, 6) is 0.349. The second-order valence-corrected chi connectivity index (χ2v) is 6.87. The number of nitrogens with two attached hydrogens (primary N) is 3. The Hall–Kier alpha value is -3.77. The standard InChI is InChI=1S/C21H30N8O4/c1-2-25-21(31)33-13-32-17-9-4-3-8-15(17)28-29-16-10-11-18(26-19(16)24)27-20(30)14(23)7-5-6-12-22/h3-4,8-11,14H,2,5-7,12-13,22-23H2,1H3,(H,25,31)(H3,24,26,27,30)/t14-/m0/s1. The van der Waals surface area contributed by atoms with Crippen LogP contribution in [0.4, 0.5) is 27.8 Å². The highest BCUT2D eigenvalue weighted by Crippen LogP contribution is 2.30. The number of carbonyl (C=O) groups excluding carboxylic acids is 2. The van der Waals surface area contributed by atoms with Crippen molar-refractivity contribution in [1.29, 1.82) is 0 Å². The van der Waals surface area contributed by atoms with E-state index in [4.69, 9.17) is 26.7 Å². The third-order valence-corrected chi connectivity index (χ3v) is 4.32. The van der Waals surface area contributed by atoms with Crippen LogP contribution in [0.25, 0.3) is 0 Å². The van der Waals surface area contributed by atoms with E-state index in [1.807, 2.05) is 0 Å². The zero-order valence-corrected chi connectivity index (χ0v) is 18.5. The molecule has 12 nitrogen and oxygen atoms in total. The second-order valence-electron chi connectivity index (χ2n) is 6.87. The minimum Gasteiger partial charge on any atom is -0.455 e. The molecule has 33 heavy (non-hydrogen) atoms. The Balaban J connectivity index is 1.99. The van der Waals surface area contributed by atoms with Crippen molar-refractivity contribution in [2.75, 3.05) is 30.9 Å². The van der Waals surface area contributed by atoms with E-state index in [-0.39, 0.29) is 24.3 Å². The number of aromatic nitrogens is 1. The van der Waals surface area contributed by atoms with Gasteiger partial charge in [0, 0.05) is 6.54 Å². The lowest BCUT2D eigenvalue weighted by Crippen LogP contribution is -2.35. The van der Waals surface area contributed by atoms with E-state index in [0.29, 0.717) is 36.6 Å². The molecule has 0 saturated carbocycles. The molecule has 1 heterocycles. The fraction of sp³-hybridized carbons (Fsp3) is 0.381. The molecule has 0 fully saturated rings. The maximum atomic E-state index is 12.2. The van der Waals surface area contributed by atoms with Gasteiger partial charge in [0.25, 0.3) is 0 Å². The smallest absolute Gasteiger partial charge is 0.410 e. The lowest BCUT2D eigenvalue weighted by molar-refractivity contribution is -0.117. The largest absolute Gasteiger partial charge is 0.455 e. The van der Waals surface area contributed by atoms with Crippen LogP contribution in [0.2, 0.25) is 0 Å². The summed E-state index contributed by atoms with van der Waals surface area (Å²) in [6.07, 6.45) is 1.52. The first-order chi connectivity index (χ1) is 15.9. The highest BCUT2D eigenvalue weighted by Gasteiger charge is 2.14. The lowest BCUT2D eigenvalue weighted by Gasteiger charge is -2.12. The topological polar surface area (TPSA) is 192 Å². The SMILES string of the molecule is CCNC(=O)OCOc1ccccc1N=Nc1ccc(NC(=O)[C@@H](N)CCCCN)nc1N. The zero-order valence-electron chi connectivity index (χ0n) is 18.5. The van der Waals surface area contributed by atoms with E-state index in [1.165, 1.54) is 0 Å². The first-order valence-electron chi connectivity index (χ1n) is 10.5. The number of para-hydroxylation sites is 1. The van der Waals surface area contributed by atoms with Crippen LogP contribution >= 0.6 is 0 Å². The van der Waals surface area contributed by atoms with E-state index in [1.54, 1.807) is 43.3 Å². The average molecular weight is 459 g/mol. The number of ether oxygens (including phenoxy) is 2. The van der Waals surface area contributed by atoms with E-state index in [0.717, 1.165) is 12.8 Å². The number of rotatable bonds is 12. The van der Waals surface area contributed by atoms with Gasteiger partial charge in [0.1, 0.15) is 17.2 Å². The molecule has 8 N–H and O–H groups in total. The van der Waals surface area contributed by atoms with Crippen molar-refractivity contribution in [3.05, 3.63) is 36.4 Å². The second kappa shape index (κ2) is 13.6. The van der Waals surface area contributed by atoms with E-state index in [2.05, 4.69) is 25.8 Å². The predicted molar refractivity (Wildman–Crippen MR) is 124 cm³/mol. The van der Waals surface area contributed by atoms with Gasteiger partial charge < -0.3 is 37.3 Å². The van der Waals surface area contributed by atoms with Crippen LogP contribution in [-0.4, -0.2) is 42.9 Å². The van der Waals surface area contributed by atoms with Gasteiger partial charge in [-0.25, -0.2) is 9.78 Å². The zero-order chi connectivity index (χ0) is 24.1. The number of hydrogen-bond donors (Lipinski definition) is 5. The molecule has 0 aliphatic carbocycles. The molecule has 1 atom stereocenters. The minimum absolute atomic E-state index is 0.0752. The van der Waals surface area contributed by atoms with Crippen molar-refractivity contribution >= 4 is 35.0 Å². The molecule has 2 amide bonds. The molecule has 0 bridgehead atoms. The van der Waals surface area contributed by atoms with Crippen LogP contribution in [0.15, 0.2) is 46.6 Å². The third kappa shape index (κ3) is 8.71. The molecule has 0 saturated heterocycles. The number of nitrogen functional groups attached to an aromatic ring is 1. The number of unbranched alkanes of at least 4 members (excludes halogenated alkanes) is 1. The number of hydrogen-bond acceptors (Lipinski definition) is 10. The van der Waals surface area contributed by atoms with Gasteiger partial charge in [0.15, 0.2) is 11.6 Å². The fourth-order valence-electron chi connectivity index (χ4n) is 2.59. The first kappa shape index (κ1) is 25.5. The third-order valence-electron chi connectivity index (χ3n) is 4.32.